The van der Waals surface area contributed by atoms with Crippen LogP contribution in [0.5, 0.6) is 0 Å². The highest BCUT2D eigenvalue weighted by Gasteiger charge is 2.32. The zero-order chi connectivity index (χ0) is 17.9. The van der Waals surface area contributed by atoms with Crippen LogP contribution in [0.25, 0.3) is 0 Å². The van der Waals surface area contributed by atoms with Gasteiger partial charge in [-0.1, -0.05) is 6.92 Å². The van der Waals surface area contributed by atoms with Crippen LogP contribution in [0, 0.1) is 19.8 Å². The first-order valence-corrected chi connectivity index (χ1v) is 8.09. The summed E-state index contributed by atoms with van der Waals surface area (Å²) >= 11 is 0. The van der Waals surface area contributed by atoms with Gasteiger partial charge < -0.3 is 14.8 Å². The largest absolute Gasteiger partial charge is 0.356 e. The lowest BCUT2D eigenvalue weighted by atomic mass is 10.0. The molecule has 0 radical (unpaired) electrons. The number of hydrogen-bond donors (Lipinski definition) is 1. The minimum atomic E-state index is -2.70. The summed E-state index contributed by atoms with van der Waals surface area (Å²) in [6, 6.07) is 0. The molecule has 8 heteroatoms. The molecule has 0 unspecified atom stereocenters. The van der Waals surface area contributed by atoms with E-state index in [-0.39, 0.29) is 18.2 Å². The Bertz CT molecular complexity index is 583. The maximum Gasteiger partial charge on any atom is 0.333 e. The van der Waals surface area contributed by atoms with E-state index in [1.807, 2.05) is 13.8 Å². The number of rotatable bonds is 7. The molecule has 0 aromatic carbocycles. The van der Waals surface area contributed by atoms with Gasteiger partial charge in [-0.2, -0.15) is 13.9 Å². The van der Waals surface area contributed by atoms with Crippen molar-refractivity contribution in [2.75, 3.05) is 19.8 Å². The zero-order valence-electron chi connectivity index (χ0n) is 14.6. The SMILES string of the molecule is Cc1nn(C(F)F)c(C)c1CC(=O)NC[C@H](C)CC1(C)OCCO1. The Morgan fingerprint density at radius 1 is 1.38 bits per heavy atom. The fraction of sp³-hybridized carbons (Fsp3) is 0.750. The minimum Gasteiger partial charge on any atom is -0.356 e. The van der Waals surface area contributed by atoms with Gasteiger partial charge in [-0.15, -0.1) is 0 Å². The molecule has 0 spiro atoms. The molecule has 1 aromatic rings. The molecule has 0 aliphatic carbocycles. The number of hydrogen-bond acceptors (Lipinski definition) is 4. The van der Waals surface area contributed by atoms with Crippen LogP contribution < -0.4 is 5.32 Å². The van der Waals surface area contributed by atoms with E-state index in [4.69, 9.17) is 9.47 Å². The highest BCUT2D eigenvalue weighted by Crippen LogP contribution is 2.26. The molecule has 1 aliphatic heterocycles. The summed E-state index contributed by atoms with van der Waals surface area (Å²) in [5.74, 6) is -0.626. The van der Waals surface area contributed by atoms with E-state index >= 15 is 0 Å². The van der Waals surface area contributed by atoms with Crippen molar-refractivity contribution in [3.63, 3.8) is 0 Å². The topological polar surface area (TPSA) is 65.4 Å². The van der Waals surface area contributed by atoms with Crippen LogP contribution in [0.1, 0.15) is 43.8 Å². The van der Waals surface area contributed by atoms with Gasteiger partial charge in [0.1, 0.15) is 0 Å². The Morgan fingerprint density at radius 3 is 2.54 bits per heavy atom. The number of carbonyl (C=O) groups is 1. The highest BCUT2D eigenvalue weighted by molar-refractivity contribution is 5.79. The monoisotopic (exact) mass is 345 g/mol. The van der Waals surface area contributed by atoms with Crippen LogP contribution in [-0.4, -0.2) is 41.2 Å². The standard InChI is InChI=1S/C16H25F2N3O3/c1-10(8-16(4)23-5-6-24-16)9-19-14(22)7-13-11(2)20-21(12(13)3)15(17)18/h10,15H,5-9H2,1-4H3,(H,19,22)/t10-/m1/s1. The lowest BCUT2D eigenvalue weighted by Crippen LogP contribution is -2.35. The second-order valence-corrected chi connectivity index (χ2v) is 6.49. The summed E-state index contributed by atoms with van der Waals surface area (Å²) in [7, 11) is 0. The van der Waals surface area contributed by atoms with Crippen molar-refractivity contribution in [3.05, 3.63) is 17.0 Å². The summed E-state index contributed by atoms with van der Waals surface area (Å²) in [4.78, 5) is 12.1. The quantitative estimate of drug-likeness (QED) is 0.824. The number of halogens is 2. The van der Waals surface area contributed by atoms with E-state index in [0.717, 1.165) is 0 Å². The number of ether oxygens (including phenoxy) is 2. The predicted molar refractivity (Wildman–Crippen MR) is 83.8 cm³/mol. The summed E-state index contributed by atoms with van der Waals surface area (Å²) in [6.45, 7) is 6.02. The molecule has 2 heterocycles. The Hall–Kier alpha value is -1.54. The van der Waals surface area contributed by atoms with Crippen LogP contribution in [-0.2, 0) is 20.7 Å². The molecule has 0 bridgehead atoms. The second-order valence-electron chi connectivity index (χ2n) is 6.49. The number of nitrogens with one attached hydrogen (secondary N) is 1. The first-order chi connectivity index (χ1) is 11.2. The van der Waals surface area contributed by atoms with Crippen molar-refractivity contribution >= 4 is 5.91 Å². The Balaban J connectivity index is 1.85. The molecule has 1 saturated heterocycles. The van der Waals surface area contributed by atoms with E-state index < -0.39 is 12.3 Å². The Morgan fingerprint density at radius 2 is 2.00 bits per heavy atom. The molecule has 1 N–H and O–H groups in total. The molecule has 0 saturated carbocycles. The van der Waals surface area contributed by atoms with Crippen molar-refractivity contribution in [1.29, 1.82) is 0 Å². The van der Waals surface area contributed by atoms with Gasteiger partial charge in [0.15, 0.2) is 5.79 Å². The van der Waals surface area contributed by atoms with Crippen molar-refractivity contribution in [3.8, 4) is 0 Å². The van der Waals surface area contributed by atoms with Crippen LogP contribution in [0.15, 0.2) is 0 Å². The van der Waals surface area contributed by atoms with Gasteiger partial charge in [0.05, 0.1) is 25.3 Å². The highest BCUT2D eigenvalue weighted by atomic mass is 19.3. The number of carbonyl (C=O) groups excluding carboxylic acids is 1. The average molecular weight is 345 g/mol. The molecular formula is C16H25F2N3O3. The summed E-state index contributed by atoms with van der Waals surface area (Å²) in [6.07, 6.45) is 0.718. The third kappa shape index (κ3) is 4.51. The lowest BCUT2D eigenvalue weighted by molar-refractivity contribution is -0.154. The predicted octanol–water partition coefficient (Wildman–Crippen LogP) is 2.34. The molecule has 1 amide bonds. The van der Waals surface area contributed by atoms with Gasteiger partial charge in [0.2, 0.25) is 5.91 Å². The molecule has 136 valence electrons. The van der Waals surface area contributed by atoms with Gasteiger partial charge in [-0.05, 0) is 26.7 Å². The molecule has 6 nitrogen and oxygen atoms in total. The van der Waals surface area contributed by atoms with E-state index in [9.17, 15) is 13.6 Å². The van der Waals surface area contributed by atoms with Crippen molar-refractivity contribution in [2.45, 2.75) is 52.9 Å². The number of aryl methyl sites for hydroxylation is 1. The third-order valence-corrected chi connectivity index (χ3v) is 4.26. The smallest absolute Gasteiger partial charge is 0.333 e. The molecular weight excluding hydrogens is 320 g/mol. The van der Waals surface area contributed by atoms with E-state index in [1.165, 1.54) is 0 Å². The summed E-state index contributed by atoms with van der Waals surface area (Å²) in [5.41, 5.74) is 1.33. The van der Waals surface area contributed by atoms with Crippen molar-refractivity contribution in [1.82, 2.24) is 15.1 Å². The molecule has 1 atom stereocenters. The fourth-order valence-electron chi connectivity index (χ4n) is 3.03. The molecule has 2 rings (SSSR count). The first kappa shape index (κ1) is 18.8. The van der Waals surface area contributed by atoms with Gasteiger partial charge in [-0.3, -0.25) is 4.79 Å². The van der Waals surface area contributed by atoms with Crippen LogP contribution in [0.4, 0.5) is 8.78 Å². The number of amides is 1. The lowest BCUT2D eigenvalue weighted by Gasteiger charge is -2.26. The van der Waals surface area contributed by atoms with Crippen molar-refractivity contribution < 1.29 is 23.0 Å². The zero-order valence-corrected chi connectivity index (χ0v) is 14.6. The molecule has 1 fully saturated rings. The van der Waals surface area contributed by atoms with Gasteiger partial charge >= 0.3 is 6.55 Å². The van der Waals surface area contributed by atoms with Crippen molar-refractivity contribution in [2.24, 2.45) is 5.92 Å². The van der Waals surface area contributed by atoms with E-state index in [1.54, 1.807) is 13.8 Å². The molecule has 1 aromatic heterocycles. The number of nitrogens with zero attached hydrogens (tertiary/aromatic N) is 2. The maximum absolute atomic E-state index is 12.8. The summed E-state index contributed by atoms with van der Waals surface area (Å²) < 4.78 is 37.4. The normalized spacial score (nSPS) is 18.1. The van der Waals surface area contributed by atoms with Gasteiger partial charge in [-0.25, -0.2) is 4.68 Å². The van der Waals surface area contributed by atoms with Crippen LogP contribution in [0.2, 0.25) is 0 Å². The van der Waals surface area contributed by atoms with Crippen LogP contribution >= 0.6 is 0 Å². The molecule has 24 heavy (non-hydrogen) atoms. The summed E-state index contributed by atoms with van der Waals surface area (Å²) in [5, 5.41) is 6.63. The molecule has 1 aliphatic rings. The van der Waals surface area contributed by atoms with Gasteiger partial charge in [0.25, 0.3) is 0 Å². The number of aromatic nitrogens is 2. The van der Waals surface area contributed by atoms with E-state index in [2.05, 4.69) is 10.4 Å². The van der Waals surface area contributed by atoms with Crippen LogP contribution in [0.3, 0.4) is 0 Å². The fourth-order valence-corrected chi connectivity index (χ4v) is 3.03. The minimum absolute atomic E-state index is 0.0430. The maximum atomic E-state index is 12.8. The third-order valence-electron chi connectivity index (χ3n) is 4.26. The Labute approximate surface area is 140 Å². The Kier molecular flexibility index (Phi) is 5.92. The van der Waals surface area contributed by atoms with E-state index in [0.29, 0.717) is 47.8 Å². The second kappa shape index (κ2) is 7.57. The first-order valence-electron chi connectivity index (χ1n) is 8.09. The number of alkyl halides is 2. The van der Waals surface area contributed by atoms with Gasteiger partial charge in [0, 0.05) is 24.2 Å². The average Bonchev–Trinajstić information content (AvgIpc) is 3.03.